The third-order valence-corrected chi connectivity index (χ3v) is 7.37. The topological polar surface area (TPSA) is 87.4 Å². The Hall–Kier alpha value is -3.07. The first-order valence-corrected chi connectivity index (χ1v) is 12.6. The zero-order valence-electron chi connectivity index (χ0n) is 20.4. The van der Waals surface area contributed by atoms with E-state index in [0.717, 1.165) is 30.2 Å². The molecule has 0 saturated heterocycles. The monoisotopic (exact) mass is 508 g/mol. The van der Waals surface area contributed by atoms with Crippen LogP contribution in [-0.2, 0) is 0 Å². The van der Waals surface area contributed by atoms with E-state index < -0.39 is 11.9 Å². The van der Waals surface area contributed by atoms with E-state index in [4.69, 9.17) is 11.6 Å². The predicted octanol–water partition coefficient (Wildman–Crippen LogP) is 5.71. The summed E-state index contributed by atoms with van der Waals surface area (Å²) >= 11 is 6.21. The summed E-state index contributed by atoms with van der Waals surface area (Å²) in [5, 5.41) is 17.9. The highest BCUT2D eigenvalue weighted by molar-refractivity contribution is 6.33. The Bertz CT molecular complexity index is 1350. The minimum atomic E-state index is -0.568. The Morgan fingerprint density at radius 3 is 2.58 bits per heavy atom. The van der Waals surface area contributed by atoms with Gasteiger partial charge in [0.05, 0.1) is 35.3 Å². The van der Waals surface area contributed by atoms with E-state index in [-0.39, 0.29) is 17.3 Å². The number of rotatable bonds is 8. The molecular formula is C27H30ClFN6O. The Kier molecular flexibility index (Phi) is 6.92. The van der Waals surface area contributed by atoms with Gasteiger partial charge in [-0.25, -0.2) is 19.3 Å². The van der Waals surface area contributed by atoms with Gasteiger partial charge in [0.2, 0.25) is 5.95 Å². The van der Waals surface area contributed by atoms with Crippen molar-refractivity contribution in [1.29, 1.82) is 0 Å². The lowest BCUT2D eigenvalue weighted by atomic mass is 9.99. The molecule has 5 rings (SSSR count). The van der Waals surface area contributed by atoms with Gasteiger partial charge in [-0.15, -0.1) is 0 Å². The molecular weight excluding hydrogens is 479 g/mol. The molecule has 9 heteroatoms. The Balaban J connectivity index is 1.28. The molecule has 0 bridgehead atoms. The lowest BCUT2D eigenvalue weighted by molar-refractivity contribution is 0.159. The first kappa shape index (κ1) is 24.6. The van der Waals surface area contributed by atoms with Crippen molar-refractivity contribution in [2.24, 2.45) is 0 Å². The fraction of sp³-hybridized carbons (Fsp3) is 0.370. The fourth-order valence-corrected chi connectivity index (χ4v) is 5.06. The van der Waals surface area contributed by atoms with Crippen molar-refractivity contribution in [3.8, 4) is 11.4 Å². The first-order valence-electron chi connectivity index (χ1n) is 12.3. The summed E-state index contributed by atoms with van der Waals surface area (Å²) in [7, 11) is 0. The van der Waals surface area contributed by atoms with Gasteiger partial charge in [-0.1, -0.05) is 48.7 Å². The van der Waals surface area contributed by atoms with Crippen LogP contribution in [0.1, 0.15) is 62.8 Å². The summed E-state index contributed by atoms with van der Waals surface area (Å²) in [4.78, 5) is 12.8. The molecule has 3 N–H and O–H groups in total. The van der Waals surface area contributed by atoms with Gasteiger partial charge < -0.3 is 15.7 Å². The maximum absolute atomic E-state index is 14.7. The molecule has 2 atom stereocenters. The van der Waals surface area contributed by atoms with Crippen LogP contribution in [0.25, 0.3) is 17.0 Å². The number of fused-ring (bicyclic) bond motifs is 1. The number of halogens is 2. The van der Waals surface area contributed by atoms with E-state index in [1.165, 1.54) is 12.8 Å². The van der Waals surface area contributed by atoms with Crippen molar-refractivity contribution in [3.63, 3.8) is 0 Å². The third-order valence-electron chi connectivity index (χ3n) is 7.07. The molecule has 1 saturated carbocycles. The highest BCUT2D eigenvalue weighted by Crippen LogP contribution is 2.30. The fourth-order valence-electron chi connectivity index (χ4n) is 4.84. The molecule has 1 aromatic carbocycles. The van der Waals surface area contributed by atoms with Gasteiger partial charge in [0, 0.05) is 18.3 Å². The lowest BCUT2D eigenvalue weighted by Crippen LogP contribution is -2.41. The second kappa shape index (κ2) is 10.1. The predicted molar refractivity (Wildman–Crippen MR) is 140 cm³/mol. The normalized spacial score (nSPS) is 16.8. The van der Waals surface area contributed by atoms with E-state index in [1.807, 2.05) is 31.2 Å². The van der Waals surface area contributed by atoms with Crippen LogP contribution in [0.5, 0.6) is 0 Å². The number of β-amino-alcohol motifs (C(OH)–C–C–N with tert-alkyl or cyclic N) is 1. The van der Waals surface area contributed by atoms with Crippen LogP contribution < -0.4 is 10.6 Å². The van der Waals surface area contributed by atoms with Crippen LogP contribution in [0.15, 0.2) is 55.0 Å². The standard InChI is InChI=1S/C27H30ClFN6O/c1-17(18-7-9-19(10-8-18)23(36)16-32-27(2)11-3-4-12-27)33-26-31-14-21(29)24(34-26)22-15-30-25-20(28)6-5-13-35(22)25/h5-10,13-15,17,23,32,36H,3-4,11-12,16H2,1-2H3,(H,31,33,34)/t17-,23?/m0/s1. The minimum Gasteiger partial charge on any atom is -0.387 e. The van der Waals surface area contributed by atoms with Crippen LogP contribution in [0, 0.1) is 5.82 Å². The van der Waals surface area contributed by atoms with Crippen LogP contribution in [0.4, 0.5) is 10.3 Å². The molecule has 1 aliphatic carbocycles. The average molecular weight is 509 g/mol. The summed E-state index contributed by atoms with van der Waals surface area (Å²) in [5.41, 5.74) is 3.15. The highest BCUT2D eigenvalue weighted by Gasteiger charge is 2.28. The molecule has 3 aromatic heterocycles. The summed E-state index contributed by atoms with van der Waals surface area (Å²) < 4.78 is 16.4. The number of nitrogens with one attached hydrogen (secondary N) is 2. The summed E-state index contributed by atoms with van der Waals surface area (Å²) in [5.74, 6) is -0.248. The molecule has 36 heavy (non-hydrogen) atoms. The summed E-state index contributed by atoms with van der Waals surface area (Å²) in [6, 6.07) is 11.2. The Morgan fingerprint density at radius 1 is 1.11 bits per heavy atom. The zero-order valence-corrected chi connectivity index (χ0v) is 21.1. The number of anilines is 1. The number of nitrogens with zero attached hydrogens (tertiary/aromatic N) is 4. The zero-order chi connectivity index (χ0) is 25.3. The number of aromatic nitrogens is 4. The van der Waals surface area contributed by atoms with Gasteiger partial charge in [-0.2, -0.15) is 0 Å². The molecule has 0 spiro atoms. The second-order valence-corrected chi connectivity index (χ2v) is 10.2. The van der Waals surface area contributed by atoms with Gasteiger partial charge in [-0.05, 0) is 49.9 Å². The molecule has 1 unspecified atom stereocenters. The second-order valence-electron chi connectivity index (χ2n) is 9.78. The molecule has 0 amide bonds. The number of hydrogen-bond acceptors (Lipinski definition) is 6. The van der Waals surface area contributed by atoms with E-state index in [1.54, 1.807) is 28.9 Å². The van der Waals surface area contributed by atoms with Crippen LogP contribution in [0.3, 0.4) is 0 Å². The van der Waals surface area contributed by atoms with Crippen molar-refractivity contribution in [2.75, 3.05) is 11.9 Å². The molecule has 188 valence electrons. The minimum absolute atomic E-state index is 0.128. The van der Waals surface area contributed by atoms with Gasteiger partial charge >= 0.3 is 0 Å². The van der Waals surface area contributed by atoms with E-state index >= 15 is 0 Å². The molecule has 7 nitrogen and oxygen atoms in total. The van der Waals surface area contributed by atoms with Crippen molar-refractivity contribution >= 4 is 23.2 Å². The van der Waals surface area contributed by atoms with Gasteiger partial charge in [0.15, 0.2) is 11.5 Å². The first-order chi connectivity index (χ1) is 17.3. The van der Waals surface area contributed by atoms with Crippen molar-refractivity contribution in [1.82, 2.24) is 24.7 Å². The van der Waals surface area contributed by atoms with Crippen molar-refractivity contribution < 1.29 is 9.50 Å². The van der Waals surface area contributed by atoms with E-state index in [9.17, 15) is 9.50 Å². The quantitative estimate of drug-likeness (QED) is 0.282. The van der Waals surface area contributed by atoms with Crippen LogP contribution in [-0.4, -0.2) is 36.5 Å². The lowest BCUT2D eigenvalue weighted by Gasteiger charge is -2.27. The number of imidazole rings is 1. The smallest absolute Gasteiger partial charge is 0.223 e. The largest absolute Gasteiger partial charge is 0.387 e. The van der Waals surface area contributed by atoms with E-state index in [0.29, 0.717) is 28.9 Å². The van der Waals surface area contributed by atoms with E-state index in [2.05, 4.69) is 32.5 Å². The molecule has 3 heterocycles. The third kappa shape index (κ3) is 5.07. The molecule has 1 fully saturated rings. The van der Waals surface area contributed by atoms with Gasteiger partial charge in [0.1, 0.15) is 5.69 Å². The van der Waals surface area contributed by atoms with Gasteiger partial charge in [0.25, 0.3) is 0 Å². The highest BCUT2D eigenvalue weighted by atomic mass is 35.5. The van der Waals surface area contributed by atoms with Crippen LogP contribution in [0.2, 0.25) is 5.02 Å². The van der Waals surface area contributed by atoms with Crippen molar-refractivity contribution in [2.45, 2.75) is 57.2 Å². The molecule has 1 aliphatic rings. The molecule has 4 aromatic rings. The summed E-state index contributed by atoms with van der Waals surface area (Å²) in [6.07, 6.45) is 8.68. The SMILES string of the molecule is C[C@H](Nc1ncc(F)c(-c2cnc3c(Cl)cccn23)n1)c1ccc(C(O)CNC2(C)CCCC2)cc1. The summed E-state index contributed by atoms with van der Waals surface area (Å²) in [6.45, 7) is 4.75. The number of hydrogen-bond donors (Lipinski definition) is 3. The Labute approximate surface area is 214 Å². The van der Waals surface area contributed by atoms with Crippen LogP contribution >= 0.6 is 11.6 Å². The average Bonchev–Trinajstić information content (AvgIpc) is 3.51. The number of aliphatic hydroxyl groups is 1. The maximum atomic E-state index is 14.7. The number of benzene rings is 1. The molecule has 0 aliphatic heterocycles. The molecule has 0 radical (unpaired) electrons. The number of pyridine rings is 1. The maximum Gasteiger partial charge on any atom is 0.223 e. The Morgan fingerprint density at radius 2 is 1.83 bits per heavy atom. The number of aliphatic hydroxyl groups excluding tert-OH is 1. The van der Waals surface area contributed by atoms with Gasteiger partial charge in [-0.3, -0.25) is 4.40 Å². The van der Waals surface area contributed by atoms with Crippen molar-refractivity contribution in [3.05, 3.63) is 77.0 Å².